The average molecular weight is 320 g/mol. The number of thiophene rings is 1. The Kier molecular flexibility index (Phi) is 4.38. The predicted octanol–water partition coefficient (Wildman–Crippen LogP) is 2.23. The van der Waals surface area contributed by atoms with Crippen LogP contribution in [0.4, 0.5) is 9.80 Å². The first kappa shape index (κ1) is 14.6. The smallest absolute Gasteiger partial charge is 0.322 e. The molecule has 3 heterocycles. The van der Waals surface area contributed by atoms with Gasteiger partial charge in [0, 0.05) is 25.4 Å². The highest BCUT2D eigenvalue weighted by atomic mass is 32.1. The highest BCUT2D eigenvalue weighted by Gasteiger charge is 2.29. The van der Waals surface area contributed by atoms with E-state index in [0.29, 0.717) is 24.8 Å². The maximum Gasteiger partial charge on any atom is 0.322 e. The van der Waals surface area contributed by atoms with Crippen LogP contribution >= 0.6 is 11.3 Å². The first-order valence-electron chi connectivity index (χ1n) is 6.87. The second-order valence-electron chi connectivity index (χ2n) is 4.75. The fourth-order valence-electron chi connectivity index (χ4n) is 2.23. The van der Waals surface area contributed by atoms with Gasteiger partial charge in [0.2, 0.25) is 0 Å². The van der Waals surface area contributed by atoms with Gasteiger partial charge in [-0.3, -0.25) is 5.32 Å². The van der Waals surface area contributed by atoms with Crippen molar-refractivity contribution in [2.75, 3.05) is 25.5 Å². The van der Waals surface area contributed by atoms with E-state index in [0.717, 1.165) is 11.4 Å². The van der Waals surface area contributed by atoms with E-state index in [4.69, 9.17) is 9.47 Å². The summed E-state index contributed by atoms with van der Waals surface area (Å²) in [6.07, 6.45) is 3.73. The molecule has 2 amide bonds. The SMILES string of the molecule is COc1nccnc1O[C@@H]1CCN(C(=O)Nc2cccs2)C1. The van der Waals surface area contributed by atoms with Crippen molar-refractivity contribution in [2.24, 2.45) is 0 Å². The molecule has 0 radical (unpaired) electrons. The first-order chi connectivity index (χ1) is 10.8. The molecular weight excluding hydrogens is 304 g/mol. The summed E-state index contributed by atoms with van der Waals surface area (Å²) in [5.41, 5.74) is 0. The summed E-state index contributed by atoms with van der Waals surface area (Å²) in [6.45, 7) is 1.15. The van der Waals surface area contributed by atoms with Crippen LogP contribution in [-0.4, -0.2) is 47.2 Å². The van der Waals surface area contributed by atoms with Crippen LogP contribution in [0.1, 0.15) is 6.42 Å². The molecule has 8 heteroatoms. The Balaban J connectivity index is 1.57. The summed E-state index contributed by atoms with van der Waals surface area (Å²) in [5, 5.41) is 5.63. The molecule has 0 spiro atoms. The summed E-state index contributed by atoms with van der Waals surface area (Å²) in [4.78, 5) is 22.0. The number of carbonyl (C=O) groups excluding carboxylic acids is 1. The monoisotopic (exact) mass is 320 g/mol. The molecule has 1 N–H and O–H groups in total. The lowest BCUT2D eigenvalue weighted by molar-refractivity contribution is 0.182. The van der Waals surface area contributed by atoms with Crippen molar-refractivity contribution in [2.45, 2.75) is 12.5 Å². The number of anilines is 1. The molecule has 3 rings (SSSR count). The van der Waals surface area contributed by atoms with Gasteiger partial charge >= 0.3 is 6.03 Å². The number of aromatic nitrogens is 2. The zero-order valence-corrected chi connectivity index (χ0v) is 12.9. The van der Waals surface area contributed by atoms with Crippen molar-refractivity contribution in [3.8, 4) is 11.8 Å². The van der Waals surface area contributed by atoms with Crippen LogP contribution < -0.4 is 14.8 Å². The van der Waals surface area contributed by atoms with Crippen molar-refractivity contribution in [3.05, 3.63) is 29.9 Å². The van der Waals surface area contributed by atoms with E-state index in [-0.39, 0.29) is 12.1 Å². The van der Waals surface area contributed by atoms with Gasteiger partial charge in [0.25, 0.3) is 11.8 Å². The Hall–Kier alpha value is -2.35. The number of likely N-dealkylation sites (tertiary alicyclic amines) is 1. The highest BCUT2D eigenvalue weighted by molar-refractivity contribution is 7.14. The van der Waals surface area contributed by atoms with Gasteiger partial charge in [-0.15, -0.1) is 11.3 Å². The molecule has 0 aliphatic carbocycles. The van der Waals surface area contributed by atoms with Crippen LogP contribution in [0.2, 0.25) is 0 Å². The third-order valence-corrected chi connectivity index (χ3v) is 4.07. The fraction of sp³-hybridized carbons (Fsp3) is 0.357. The van der Waals surface area contributed by atoms with E-state index in [9.17, 15) is 4.79 Å². The summed E-state index contributed by atoms with van der Waals surface area (Å²) in [6, 6.07) is 3.66. The third-order valence-electron chi connectivity index (χ3n) is 3.29. The molecule has 116 valence electrons. The number of ether oxygens (including phenoxy) is 2. The maximum atomic E-state index is 12.1. The van der Waals surface area contributed by atoms with Crippen molar-refractivity contribution >= 4 is 22.4 Å². The van der Waals surface area contributed by atoms with Crippen LogP contribution in [0.5, 0.6) is 11.8 Å². The Bertz CT molecular complexity index is 635. The van der Waals surface area contributed by atoms with Gasteiger partial charge in [0.15, 0.2) is 0 Å². The van der Waals surface area contributed by atoms with Crippen LogP contribution in [0.15, 0.2) is 29.9 Å². The maximum absolute atomic E-state index is 12.1. The van der Waals surface area contributed by atoms with E-state index in [1.54, 1.807) is 17.3 Å². The summed E-state index contributed by atoms with van der Waals surface area (Å²) >= 11 is 1.49. The van der Waals surface area contributed by atoms with Crippen molar-refractivity contribution < 1.29 is 14.3 Å². The number of hydrogen-bond acceptors (Lipinski definition) is 6. The largest absolute Gasteiger partial charge is 0.477 e. The lowest BCUT2D eigenvalue weighted by Gasteiger charge is -2.17. The summed E-state index contributed by atoms with van der Waals surface area (Å²) in [7, 11) is 1.52. The standard InChI is InChI=1S/C14H16N4O3S/c1-20-12-13(16-6-5-15-12)21-10-4-7-18(9-10)14(19)17-11-3-2-8-22-11/h2-3,5-6,8,10H,4,7,9H2,1H3,(H,17,19)/t10-/m1/s1. The molecule has 0 unspecified atom stereocenters. The molecule has 0 saturated carbocycles. The van der Waals surface area contributed by atoms with Crippen LogP contribution in [0, 0.1) is 0 Å². The van der Waals surface area contributed by atoms with Crippen molar-refractivity contribution in [1.29, 1.82) is 0 Å². The lowest BCUT2D eigenvalue weighted by Crippen LogP contribution is -2.34. The van der Waals surface area contributed by atoms with E-state index < -0.39 is 0 Å². The predicted molar refractivity (Wildman–Crippen MR) is 82.5 cm³/mol. The first-order valence-corrected chi connectivity index (χ1v) is 7.75. The second-order valence-corrected chi connectivity index (χ2v) is 5.70. The van der Waals surface area contributed by atoms with Gasteiger partial charge < -0.3 is 14.4 Å². The number of rotatable bonds is 4. The minimum absolute atomic E-state index is 0.111. The van der Waals surface area contributed by atoms with E-state index >= 15 is 0 Å². The molecule has 2 aromatic heterocycles. The Morgan fingerprint density at radius 2 is 2.23 bits per heavy atom. The van der Waals surface area contributed by atoms with Gasteiger partial charge in [-0.1, -0.05) is 0 Å². The fourth-order valence-corrected chi connectivity index (χ4v) is 2.84. The van der Waals surface area contributed by atoms with Gasteiger partial charge in [0.05, 0.1) is 18.7 Å². The number of amides is 2. The van der Waals surface area contributed by atoms with Gasteiger partial charge in [0.1, 0.15) is 6.10 Å². The molecule has 1 saturated heterocycles. The van der Waals surface area contributed by atoms with E-state index in [2.05, 4.69) is 15.3 Å². The lowest BCUT2D eigenvalue weighted by atomic mass is 10.3. The zero-order valence-electron chi connectivity index (χ0n) is 12.1. The third kappa shape index (κ3) is 3.28. The Morgan fingerprint density at radius 3 is 2.95 bits per heavy atom. The van der Waals surface area contributed by atoms with Crippen LogP contribution in [0.3, 0.4) is 0 Å². The molecule has 1 aliphatic rings. The molecular formula is C14H16N4O3S. The number of nitrogens with one attached hydrogen (secondary N) is 1. The minimum atomic E-state index is -0.111. The van der Waals surface area contributed by atoms with Crippen LogP contribution in [0.25, 0.3) is 0 Å². The molecule has 7 nitrogen and oxygen atoms in total. The molecule has 2 aromatic rings. The topological polar surface area (TPSA) is 76.6 Å². The minimum Gasteiger partial charge on any atom is -0.477 e. The number of methoxy groups -OCH3 is 1. The molecule has 1 fully saturated rings. The average Bonchev–Trinajstić information content (AvgIpc) is 3.19. The Morgan fingerprint density at radius 1 is 1.41 bits per heavy atom. The van der Waals surface area contributed by atoms with Crippen molar-refractivity contribution in [1.82, 2.24) is 14.9 Å². The normalized spacial score (nSPS) is 17.3. The van der Waals surface area contributed by atoms with Crippen LogP contribution in [-0.2, 0) is 0 Å². The Labute approximate surface area is 131 Å². The van der Waals surface area contributed by atoms with Gasteiger partial charge in [-0.25, -0.2) is 14.8 Å². The summed E-state index contributed by atoms with van der Waals surface area (Å²) in [5.74, 6) is 0.708. The molecule has 1 aliphatic heterocycles. The summed E-state index contributed by atoms with van der Waals surface area (Å²) < 4.78 is 10.9. The highest BCUT2D eigenvalue weighted by Crippen LogP contribution is 2.24. The second kappa shape index (κ2) is 6.61. The molecule has 0 bridgehead atoms. The molecule has 0 aromatic carbocycles. The molecule has 22 heavy (non-hydrogen) atoms. The zero-order chi connectivity index (χ0) is 15.4. The number of hydrogen-bond donors (Lipinski definition) is 1. The molecule has 1 atom stereocenters. The van der Waals surface area contributed by atoms with Crippen molar-refractivity contribution in [3.63, 3.8) is 0 Å². The van der Waals surface area contributed by atoms with Gasteiger partial charge in [-0.05, 0) is 17.5 Å². The van der Waals surface area contributed by atoms with E-state index in [1.807, 2.05) is 17.5 Å². The van der Waals surface area contributed by atoms with Gasteiger partial charge in [-0.2, -0.15) is 0 Å². The number of urea groups is 1. The van der Waals surface area contributed by atoms with E-state index in [1.165, 1.54) is 18.4 Å². The number of nitrogens with zero attached hydrogens (tertiary/aromatic N) is 3. The quantitative estimate of drug-likeness (QED) is 0.935. The number of carbonyl (C=O) groups is 1.